The van der Waals surface area contributed by atoms with E-state index in [-0.39, 0.29) is 35.7 Å². The van der Waals surface area contributed by atoms with Crippen molar-refractivity contribution in [3.05, 3.63) is 28.7 Å². The molecule has 1 N–H and O–H groups in total. The minimum atomic E-state index is -3.57. The molecule has 9 heteroatoms. The lowest BCUT2D eigenvalue weighted by Crippen LogP contribution is -2.55. The summed E-state index contributed by atoms with van der Waals surface area (Å²) in [5, 5.41) is 2.68. The van der Waals surface area contributed by atoms with Crippen LogP contribution in [0.5, 0.6) is 0 Å². The van der Waals surface area contributed by atoms with Crippen molar-refractivity contribution in [2.75, 3.05) is 26.2 Å². The van der Waals surface area contributed by atoms with Crippen LogP contribution in [0.15, 0.2) is 33.6 Å². The van der Waals surface area contributed by atoms with Crippen LogP contribution in [0, 0.1) is 5.92 Å². The molecule has 1 atom stereocenters. The number of carbonyl (C=O) groups is 2. The van der Waals surface area contributed by atoms with Gasteiger partial charge in [-0.2, -0.15) is 4.31 Å². The highest BCUT2D eigenvalue weighted by molar-refractivity contribution is 9.10. The van der Waals surface area contributed by atoms with Crippen LogP contribution in [0.4, 0.5) is 0 Å². The molecule has 0 spiro atoms. The van der Waals surface area contributed by atoms with Gasteiger partial charge in [-0.3, -0.25) is 9.59 Å². The van der Waals surface area contributed by atoms with E-state index in [2.05, 4.69) is 21.2 Å². The lowest BCUT2D eigenvalue weighted by atomic mass is 10.2. The Kier molecular flexibility index (Phi) is 6.81. The van der Waals surface area contributed by atoms with Crippen molar-refractivity contribution in [2.24, 2.45) is 5.92 Å². The fourth-order valence-corrected chi connectivity index (χ4v) is 4.31. The van der Waals surface area contributed by atoms with Gasteiger partial charge in [0.2, 0.25) is 21.8 Å². The van der Waals surface area contributed by atoms with Gasteiger partial charge in [0.05, 0.1) is 4.90 Å². The van der Waals surface area contributed by atoms with E-state index in [4.69, 9.17) is 0 Å². The fraction of sp³-hybridized carbons (Fsp3) is 0.529. The number of rotatable bonds is 5. The number of hydrogen-bond acceptors (Lipinski definition) is 4. The van der Waals surface area contributed by atoms with Gasteiger partial charge in [-0.15, -0.1) is 0 Å². The van der Waals surface area contributed by atoms with Gasteiger partial charge in [0.1, 0.15) is 6.04 Å². The van der Waals surface area contributed by atoms with Gasteiger partial charge in [-0.1, -0.05) is 29.8 Å². The van der Waals surface area contributed by atoms with Crippen LogP contribution in [0.2, 0.25) is 0 Å². The molecule has 0 aromatic heterocycles. The molecule has 1 aliphatic heterocycles. The van der Waals surface area contributed by atoms with Crippen LogP contribution in [-0.2, 0) is 19.6 Å². The summed E-state index contributed by atoms with van der Waals surface area (Å²) in [6.07, 6.45) is 0. The first-order chi connectivity index (χ1) is 12.1. The molecular formula is C17H24BrN3O4S. The fourth-order valence-electron chi connectivity index (χ4n) is 2.62. The maximum Gasteiger partial charge on any atom is 0.244 e. The summed E-state index contributed by atoms with van der Waals surface area (Å²) in [5.74, 6) is -0.569. The normalized spacial score (nSPS) is 17.2. The Bertz CT molecular complexity index is 757. The number of sulfonamides is 1. The highest BCUT2D eigenvalue weighted by Gasteiger charge is 2.31. The Balaban J connectivity index is 1.97. The van der Waals surface area contributed by atoms with Crippen LogP contribution in [0.25, 0.3) is 0 Å². The molecule has 0 radical (unpaired) electrons. The summed E-state index contributed by atoms with van der Waals surface area (Å²) in [7, 11) is -3.57. The zero-order chi connectivity index (χ0) is 19.5. The predicted molar refractivity (Wildman–Crippen MR) is 102 cm³/mol. The molecule has 26 heavy (non-hydrogen) atoms. The van der Waals surface area contributed by atoms with E-state index < -0.39 is 16.1 Å². The van der Waals surface area contributed by atoms with Crippen LogP contribution in [-0.4, -0.2) is 61.7 Å². The SMILES string of the molecule is CC(C)C(=O)N[C@@H](C)C(=O)N1CCN(S(=O)(=O)c2ccc(Br)cc2)CC1. The first kappa shape index (κ1) is 20.9. The smallest absolute Gasteiger partial charge is 0.244 e. The topological polar surface area (TPSA) is 86.8 Å². The van der Waals surface area contributed by atoms with E-state index in [9.17, 15) is 18.0 Å². The van der Waals surface area contributed by atoms with E-state index >= 15 is 0 Å². The summed E-state index contributed by atoms with van der Waals surface area (Å²) < 4.78 is 27.6. The second-order valence-electron chi connectivity index (χ2n) is 6.57. The summed E-state index contributed by atoms with van der Waals surface area (Å²) in [5.41, 5.74) is 0. The van der Waals surface area contributed by atoms with E-state index in [1.807, 2.05) is 0 Å². The van der Waals surface area contributed by atoms with Crippen molar-refractivity contribution in [1.29, 1.82) is 0 Å². The first-order valence-electron chi connectivity index (χ1n) is 8.48. The number of halogens is 1. The molecule has 1 saturated heterocycles. The zero-order valence-electron chi connectivity index (χ0n) is 15.1. The van der Waals surface area contributed by atoms with Gasteiger partial charge in [-0.05, 0) is 31.2 Å². The summed E-state index contributed by atoms with van der Waals surface area (Å²) in [6, 6.07) is 5.86. The van der Waals surface area contributed by atoms with Crippen molar-refractivity contribution >= 4 is 37.8 Å². The van der Waals surface area contributed by atoms with Gasteiger partial charge < -0.3 is 10.2 Å². The third-order valence-electron chi connectivity index (χ3n) is 4.26. The summed E-state index contributed by atoms with van der Waals surface area (Å²) in [6.45, 7) is 6.24. The number of amides is 2. The second-order valence-corrected chi connectivity index (χ2v) is 9.42. The lowest BCUT2D eigenvalue weighted by molar-refractivity contribution is -0.137. The van der Waals surface area contributed by atoms with Crippen molar-refractivity contribution in [1.82, 2.24) is 14.5 Å². The Labute approximate surface area is 162 Å². The lowest BCUT2D eigenvalue weighted by Gasteiger charge is -2.35. The van der Waals surface area contributed by atoms with E-state index in [0.29, 0.717) is 13.1 Å². The average Bonchev–Trinajstić information content (AvgIpc) is 2.61. The summed E-state index contributed by atoms with van der Waals surface area (Å²) >= 11 is 3.29. The van der Waals surface area contributed by atoms with Crippen LogP contribution >= 0.6 is 15.9 Å². The molecule has 1 aromatic carbocycles. The molecule has 1 fully saturated rings. The molecule has 7 nitrogen and oxygen atoms in total. The summed E-state index contributed by atoms with van der Waals surface area (Å²) in [4.78, 5) is 26.0. The van der Waals surface area contributed by atoms with E-state index in [1.165, 1.54) is 4.31 Å². The van der Waals surface area contributed by atoms with Gasteiger partial charge in [0.15, 0.2) is 0 Å². The molecule has 1 heterocycles. The molecule has 0 unspecified atom stereocenters. The minimum absolute atomic E-state index is 0.178. The quantitative estimate of drug-likeness (QED) is 0.742. The standard InChI is InChI=1S/C17H24BrN3O4S/c1-12(2)16(22)19-13(3)17(23)20-8-10-21(11-9-20)26(24,25)15-6-4-14(18)5-7-15/h4-7,12-13H,8-11H2,1-3H3,(H,19,22)/t13-/m0/s1. The molecule has 0 aliphatic carbocycles. The highest BCUT2D eigenvalue weighted by atomic mass is 79.9. The largest absolute Gasteiger partial charge is 0.344 e. The van der Waals surface area contributed by atoms with E-state index in [0.717, 1.165) is 4.47 Å². The van der Waals surface area contributed by atoms with Gasteiger partial charge in [0.25, 0.3) is 0 Å². The van der Waals surface area contributed by atoms with Gasteiger partial charge in [-0.25, -0.2) is 8.42 Å². The van der Waals surface area contributed by atoms with Gasteiger partial charge in [0, 0.05) is 36.6 Å². The Morgan fingerprint density at radius 3 is 2.08 bits per heavy atom. The Morgan fingerprint density at radius 1 is 1.04 bits per heavy atom. The minimum Gasteiger partial charge on any atom is -0.344 e. The van der Waals surface area contributed by atoms with E-state index in [1.54, 1.807) is 49.9 Å². The Morgan fingerprint density at radius 2 is 1.58 bits per heavy atom. The van der Waals surface area contributed by atoms with Crippen LogP contribution in [0.1, 0.15) is 20.8 Å². The molecule has 2 amide bonds. The van der Waals surface area contributed by atoms with Crippen molar-refractivity contribution < 1.29 is 18.0 Å². The molecule has 0 saturated carbocycles. The molecule has 144 valence electrons. The number of benzene rings is 1. The Hall–Kier alpha value is -1.45. The van der Waals surface area contributed by atoms with Crippen molar-refractivity contribution in [3.8, 4) is 0 Å². The number of piperazine rings is 1. The maximum atomic E-state index is 12.7. The maximum absolute atomic E-state index is 12.7. The molecule has 0 bridgehead atoms. The third-order valence-corrected chi connectivity index (χ3v) is 6.70. The number of hydrogen-bond donors (Lipinski definition) is 1. The van der Waals surface area contributed by atoms with Gasteiger partial charge >= 0.3 is 0 Å². The predicted octanol–water partition coefficient (Wildman–Crippen LogP) is 1.44. The number of nitrogens with zero attached hydrogens (tertiary/aromatic N) is 2. The van der Waals surface area contributed by atoms with Crippen LogP contribution in [0.3, 0.4) is 0 Å². The molecular weight excluding hydrogens is 422 g/mol. The number of nitrogens with one attached hydrogen (secondary N) is 1. The third kappa shape index (κ3) is 4.83. The van der Waals surface area contributed by atoms with Crippen LogP contribution < -0.4 is 5.32 Å². The molecule has 2 rings (SSSR count). The highest BCUT2D eigenvalue weighted by Crippen LogP contribution is 2.20. The van der Waals surface area contributed by atoms with Crippen molar-refractivity contribution in [3.63, 3.8) is 0 Å². The molecule has 1 aromatic rings. The average molecular weight is 446 g/mol. The second kappa shape index (κ2) is 8.49. The first-order valence-corrected chi connectivity index (χ1v) is 10.7. The molecule has 1 aliphatic rings. The monoisotopic (exact) mass is 445 g/mol. The number of carbonyl (C=O) groups excluding carboxylic acids is 2. The van der Waals surface area contributed by atoms with Crippen molar-refractivity contribution in [2.45, 2.75) is 31.7 Å². The zero-order valence-corrected chi connectivity index (χ0v) is 17.5.